The molecule has 0 aliphatic heterocycles. The zero-order chi connectivity index (χ0) is 12.1. The summed E-state index contributed by atoms with van der Waals surface area (Å²) in [7, 11) is 4.14. The van der Waals surface area contributed by atoms with E-state index in [0.717, 1.165) is 24.5 Å². The molecule has 4 nitrogen and oxygen atoms in total. The third-order valence-electron chi connectivity index (χ3n) is 2.23. The summed E-state index contributed by atoms with van der Waals surface area (Å²) in [6.07, 6.45) is 1.06. The molecular weight excluding hydrogens is 224 g/mol. The highest BCUT2D eigenvalue weighted by Gasteiger charge is 2.05. The van der Waals surface area contributed by atoms with Crippen LogP contribution < -0.4 is 5.32 Å². The molecule has 90 valence electrons. The van der Waals surface area contributed by atoms with Crippen molar-refractivity contribution in [2.75, 3.05) is 26.0 Å². The minimum atomic E-state index is 0.294. The van der Waals surface area contributed by atoms with E-state index in [0.29, 0.717) is 11.3 Å². The average molecular weight is 243 g/mol. The first-order chi connectivity index (χ1) is 7.47. The van der Waals surface area contributed by atoms with Gasteiger partial charge in [-0.15, -0.1) is 0 Å². The molecule has 1 heterocycles. The van der Waals surface area contributed by atoms with Crippen LogP contribution in [0.5, 0.6) is 0 Å². The number of aromatic nitrogens is 2. The van der Waals surface area contributed by atoms with Crippen molar-refractivity contribution in [3.05, 3.63) is 17.0 Å². The second-order valence-electron chi connectivity index (χ2n) is 4.30. The maximum Gasteiger partial charge on any atom is 0.224 e. The summed E-state index contributed by atoms with van der Waals surface area (Å²) >= 11 is 5.79. The van der Waals surface area contributed by atoms with E-state index in [1.54, 1.807) is 0 Å². The van der Waals surface area contributed by atoms with Crippen LogP contribution in [0.25, 0.3) is 0 Å². The van der Waals surface area contributed by atoms with Crippen molar-refractivity contribution >= 4 is 17.4 Å². The van der Waals surface area contributed by atoms with Crippen LogP contribution in [0.2, 0.25) is 5.28 Å². The van der Waals surface area contributed by atoms with E-state index in [-0.39, 0.29) is 0 Å². The minimum absolute atomic E-state index is 0.294. The number of hydrogen-bond acceptors (Lipinski definition) is 4. The molecule has 1 aromatic heterocycles. The predicted molar refractivity (Wildman–Crippen MR) is 68.0 cm³/mol. The molecule has 0 amide bonds. The second-order valence-corrected chi connectivity index (χ2v) is 4.64. The van der Waals surface area contributed by atoms with Crippen molar-refractivity contribution in [2.45, 2.75) is 26.3 Å². The Morgan fingerprint density at radius 3 is 2.69 bits per heavy atom. The first-order valence-electron chi connectivity index (χ1n) is 5.40. The maximum absolute atomic E-state index is 5.79. The zero-order valence-corrected chi connectivity index (χ0v) is 11.0. The Morgan fingerprint density at radius 2 is 2.12 bits per heavy atom. The third-order valence-corrected chi connectivity index (χ3v) is 2.40. The van der Waals surface area contributed by atoms with Gasteiger partial charge in [0.15, 0.2) is 0 Å². The molecule has 0 fully saturated rings. The molecular formula is C11H19ClN4. The van der Waals surface area contributed by atoms with Crippen LogP contribution >= 0.6 is 11.6 Å². The van der Waals surface area contributed by atoms with Gasteiger partial charge in [-0.05, 0) is 52.5 Å². The van der Waals surface area contributed by atoms with Gasteiger partial charge in [0, 0.05) is 17.8 Å². The van der Waals surface area contributed by atoms with Gasteiger partial charge in [0.25, 0.3) is 0 Å². The fraction of sp³-hybridized carbons (Fsp3) is 0.636. The number of nitrogens with zero attached hydrogens (tertiary/aromatic N) is 3. The van der Waals surface area contributed by atoms with Crippen molar-refractivity contribution in [2.24, 2.45) is 0 Å². The van der Waals surface area contributed by atoms with E-state index < -0.39 is 0 Å². The SMILES string of the molecule is Cc1cc(NC(C)CCN(C)C)nc(Cl)n1. The molecule has 5 heteroatoms. The fourth-order valence-corrected chi connectivity index (χ4v) is 1.61. The number of anilines is 1. The lowest BCUT2D eigenvalue weighted by atomic mass is 10.2. The first-order valence-corrected chi connectivity index (χ1v) is 5.77. The molecule has 0 spiro atoms. The molecule has 0 radical (unpaired) electrons. The van der Waals surface area contributed by atoms with E-state index in [1.165, 1.54) is 0 Å². The van der Waals surface area contributed by atoms with Crippen molar-refractivity contribution in [1.29, 1.82) is 0 Å². The van der Waals surface area contributed by atoms with E-state index >= 15 is 0 Å². The molecule has 0 aromatic carbocycles. The van der Waals surface area contributed by atoms with Crippen LogP contribution in [0.15, 0.2) is 6.07 Å². The lowest BCUT2D eigenvalue weighted by Crippen LogP contribution is -2.23. The second kappa shape index (κ2) is 6.01. The fourth-order valence-electron chi connectivity index (χ4n) is 1.38. The number of aryl methyl sites for hydroxylation is 1. The Bertz CT molecular complexity index is 321. The number of rotatable bonds is 5. The summed E-state index contributed by atoms with van der Waals surface area (Å²) in [6.45, 7) is 5.09. The minimum Gasteiger partial charge on any atom is -0.367 e. The zero-order valence-electron chi connectivity index (χ0n) is 10.3. The molecule has 0 bridgehead atoms. The van der Waals surface area contributed by atoms with Crippen LogP contribution in [-0.4, -0.2) is 41.5 Å². The molecule has 1 N–H and O–H groups in total. The van der Waals surface area contributed by atoms with Gasteiger partial charge in [-0.1, -0.05) is 0 Å². The molecule has 1 unspecified atom stereocenters. The number of halogens is 1. The summed E-state index contributed by atoms with van der Waals surface area (Å²) in [5.74, 6) is 0.795. The van der Waals surface area contributed by atoms with Gasteiger partial charge in [-0.3, -0.25) is 0 Å². The van der Waals surface area contributed by atoms with Gasteiger partial charge in [0.2, 0.25) is 5.28 Å². The average Bonchev–Trinajstić information content (AvgIpc) is 2.12. The number of nitrogens with one attached hydrogen (secondary N) is 1. The molecule has 0 aliphatic rings. The summed E-state index contributed by atoms with van der Waals surface area (Å²) in [5.41, 5.74) is 0.877. The van der Waals surface area contributed by atoms with Gasteiger partial charge in [0.1, 0.15) is 5.82 Å². The Kier molecular flexibility index (Phi) is 4.96. The molecule has 1 aromatic rings. The Morgan fingerprint density at radius 1 is 1.44 bits per heavy atom. The highest BCUT2D eigenvalue weighted by Crippen LogP contribution is 2.11. The molecule has 1 rings (SSSR count). The van der Waals surface area contributed by atoms with Gasteiger partial charge in [0.05, 0.1) is 0 Å². The molecule has 0 saturated heterocycles. The van der Waals surface area contributed by atoms with Crippen LogP contribution in [-0.2, 0) is 0 Å². The van der Waals surface area contributed by atoms with Gasteiger partial charge in [-0.25, -0.2) is 9.97 Å². The molecule has 16 heavy (non-hydrogen) atoms. The largest absolute Gasteiger partial charge is 0.367 e. The smallest absolute Gasteiger partial charge is 0.224 e. The van der Waals surface area contributed by atoms with Crippen molar-refractivity contribution in [1.82, 2.24) is 14.9 Å². The van der Waals surface area contributed by atoms with Crippen molar-refractivity contribution < 1.29 is 0 Å². The summed E-state index contributed by atoms with van der Waals surface area (Å²) in [5, 5.41) is 3.61. The van der Waals surface area contributed by atoms with Crippen LogP contribution in [0, 0.1) is 6.92 Å². The highest BCUT2D eigenvalue weighted by atomic mass is 35.5. The van der Waals surface area contributed by atoms with Crippen molar-refractivity contribution in [3.8, 4) is 0 Å². The quantitative estimate of drug-likeness (QED) is 0.804. The normalized spacial score (nSPS) is 12.9. The summed E-state index contributed by atoms with van der Waals surface area (Å²) in [6, 6.07) is 2.27. The van der Waals surface area contributed by atoms with Gasteiger partial charge < -0.3 is 10.2 Å². The Labute approximate surface area is 102 Å². The Hall–Kier alpha value is -0.870. The standard InChI is InChI=1S/C11H19ClN4/c1-8(5-6-16(3)4)13-10-7-9(2)14-11(12)15-10/h7-8H,5-6H2,1-4H3,(H,13,14,15). The topological polar surface area (TPSA) is 41.0 Å². The van der Waals surface area contributed by atoms with E-state index in [4.69, 9.17) is 11.6 Å². The maximum atomic E-state index is 5.79. The summed E-state index contributed by atoms with van der Waals surface area (Å²) < 4.78 is 0. The van der Waals surface area contributed by atoms with Crippen molar-refractivity contribution in [3.63, 3.8) is 0 Å². The Balaban J connectivity index is 2.52. The summed E-state index contributed by atoms with van der Waals surface area (Å²) in [4.78, 5) is 10.3. The lowest BCUT2D eigenvalue weighted by molar-refractivity contribution is 0.390. The molecule has 0 aliphatic carbocycles. The molecule has 1 atom stereocenters. The predicted octanol–water partition coefficient (Wildman–Crippen LogP) is 2.19. The first kappa shape index (κ1) is 13.2. The monoisotopic (exact) mass is 242 g/mol. The van der Waals surface area contributed by atoms with E-state index in [2.05, 4.69) is 41.2 Å². The van der Waals surface area contributed by atoms with Crippen LogP contribution in [0.4, 0.5) is 5.82 Å². The van der Waals surface area contributed by atoms with Crippen LogP contribution in [0.1, 0.15) is 19.0 Å². The highest BCUT2D eigenvalue weighted by molar-refractivity contribution is 6.28. The van der Waals surface area contributed by atoms with Crippen LogP contribution in [0.3, 0.4) is 0 Å². The lowest BCUT2D eigenvalue weighted by Gasteiger charge is -2.17. The molecule has 0 saturated carbocycles. The number of hydrogen-bond donors (Lipinski definition) is 1. The third kappa shape index (κ3) is 4.77. The van der Waals surface area contributed by atoms with Gasteiger partial charge >= 0.3 is 0 Å². The van der Waals surface area contributed by atoms with E-state index in [1.807, 2.05) is 13.0 Å². The van der Waals surface area contributed by atoms with E-state index in [9.17, 15) is 0 Å². The van der Waals surface area contributed by atoms with Gasteiger partial charge in [-0.2, -0.15) is 0 Å².